The van der Waals surface area contributed by atoms with Crippen LogP contribution < -0.4 is 5.06 Å². The third kappa shape index (κ3) is 8.64. The van der Waals surface area contributed by atoms with Gasteiger partial charge in [-0.25, -0.2) is 4.79 Å². The van der Waals surface area contributed by atoms with Crippen molar-refractivity contribution in [3.8, 4) is 0 Å². The molecule has 0 bridgehead atoms. The van der Waals surface area contributed by atoms with Gasteiger partial charge in [-0.05, 0) is 52.7 Å². The minimum absolute atomic E-state index is 0.388. The molecule has 2 N–H and O–H groups in total. The predicted molar refractivity (Wildman–Crippen MR) is 88.1 cm³/mol. The lowest BCUT2D eigenvalue weighted by atomic mass is 10.1. The summed E-state index contributed by atoms with van der Waals surface area (Å²) in [5.74, 6) is 0. The number of amides is 1. The number of aliphatic hydroxyl groups is 1. The summed E-state index contributed by atoms with van der Waals surface area (Å²) in [4.78, 5) is 11.6. The van der Waals surface area contributed by atoms with Crippen LogP contribution in [0.5, 0.6) is 0 Å². The lowest BCUT2D eigenvalue weighted by molar-refractivity contribution is 0.0261. The average Bonchev–Trinajstić information content (AvgIpc) is 2.47. The molecule has 0 aliphatic rings. The zero-order valence-corrected chi connectivity index (χ0v) is 14.5. The van der Waals surface area contributed by atoms with Crippen molar-refractivity contribution >= 4 is 11.8 Å². The Labute approximate surface area is 133 Å². The Morgan fingerprint density at radius 3 is 1.91 bits per heavy atom. The van der Waals surface area contributed by atoms with E-state index >= 15 is 0 Å². The molecule has 1 aromatic carbocycles. The molecule has 0 fully saturated rings. The number of para-hydroxylation sites is 1. The third-order valence-electron chi connectivity index (χ3n) is 3.25. The Balaban J connectivity index is 0.000000626. The van der Waals surface area contributed by atoms with Crippen LogP contribution in [-0.4, -0.2) is 27.6 Å². The van der Waals surface area contributed by atoms with Gasteiger partial charge < -0.3 is 9.84 Å². The van der Waals surface area contributed by atoms with Crippen LogP contribution in [0.1, 0.15) is 54.4 Å². The fraction of sp³-hybridized carbons (Fsp3) is 0.588. The van der Waals surface area contributed by atoms with Gasteiger partial charge in [-0.3, -0.25) is 5.21 Å². The van der Waals surface area contributed by atoms with Gasteiger partial charge in [-0.15, -0.1) is 0 Å². The minimum atomic E-state index is -0.766. The number of benzene rings is 1. The molecule has 0 aliphatic carbocycles. The molecule has 126 valence electrons. The topological polar surface area (TPSA) is 70.0 Å². The van der Waals surface area contributed by atoms with E-state index in [1.54, 1.807) is 58.0 Å². The first-order valence-electron chi connectivity index (χ1n) is 7.52. The van der Waals surface area contributed by atoms with Gasteiger partial charge in [-0.2, -0.15) is 5.06 Å². The standard InChI is InChI=1S/C12H17NO3.C5H12O/c1-4-12(2,3)16-11(14)13(15)10-8-6-5-7-9-10;1-4-5(2,3)6/h5-9,15H,4H2,1-3H3;6H,4H2,1-3H3. The maximum Gasteiger partial charge on any atom is 0.439 e. The number of carbonyl (C=O) groups excluding carboxylic acids is 1. The SMILES string of the molecule is CCC(C)(C)O.CCC(C)(C)OC(=O)N(O)c1ccccc1. The van der Waals surface area contributed by atoms with E-state index in [-0.39, 0.29) is 0 Å². The van der Waals surface area contributed by atoms with Crippen LogP contribution in [0.2, 0.25) is 0 Å². The summed E-state index contributed by atoms with van der Waals surface area (Å²) in [5.41, 5.74) is -0.647. The first-order chi connectivity index (χ1) is 10.0. The lowest BCUT2D eigenvalue weighted by Gasteiger charge is -2.25. The highest BCUT2D eigenvalue weighted by Crippen LogP contribution is 2.18. The molecule has 1 aromatic rings. The largest absolute Gasteiger partial charge is 0.442 e. The van der Waals surface area contributed by atoms with Gasteiger partial charge >= 0.3 is 6.09 Å². The van der Waals surface area contributed by atoms with Crippen molar-refractivity contribution in [3.05, 3.63) is 30.3 Å². The van der Waals surface area contributed by atoms with E-state index in [2.05, 4.69) is 0 Å². The number of nitrogens with zero attached hydrogens (tertiary/aromatic N) is 1. The van der Waals surface area contributed by atoms with E-state index in [1.807, 2.05) is 13.8 Å². The van der Waals surface area contributed by atoms with Gasteiger partial charge in [0.05, 0.1) is 11.3 Å². The van der Waals surface area contributed by atoms with Gasteiger partial charge in [0.25, 0.3) is 0 Å². The fourth-order valence-corrected chi connectivity index (χ4v) is 1.03. The number of hydrogen-bond donors (Lipinski definition) is 2. The van der Waals surface area contributed by atoms with Crippen molar-refractivity contribution in [3.63, 3.8) is 0 Å². The normalized spacial score (nSPS) is 11.3. The molecule has 0 unspecified atom stereocenters. The highest BCUT2D eigenvalue weighted by Gasteiger charge is 2.24. The molecule has 0 aromatic heterocycles. The Kier molecular flexibility index (Phi) is 8.12. The molecule has 0 atom stereocenters. The van der Waals surface area contributed by atoms with Crippen molar-refractivity contribution in [1.82, 2.24) is 0 Å². The van der Waals surface area contributed by atoms with Crippen molar-refractivity contribution in [2.24, 2.45) is 0 Å². The number of rotatable bonds is 4. The summed E-state index contributed by atoms with van der Waals surface area (Å²) in [6, 6.07) is 8.52. The van der Waals surface area contributed by atoms with Crippen LogP contribution in [0, 0.1) is 0 Å². The Hall–Kier alpha value is -1.59. The molecule has 0 saturated carbocycles. The second-order valence-electron chi connectivity index (χ2n) is 6.29. The van der Waals surface area contributed by atoms with E-state index in [0.717, 1.165) is 6.42 Å². The Bertz CT molecular complexity index is 438. The van der Waals surface area contributed by atoms with E-state index in [9.17, 15) is 10.0 Å². The Morgan fingerprint density at radius 1 is 1.09 bits per heavy atom. The van der Waals surface area contributed by atoms with E-state index in [1.165, 1.54) is 0 Å². The van der Waals surface area contributed by atoms with Gasteiger partial charge in [-0.1, -0.05) is 32.0 Å². The van der Waals surface area contributed by atoms with Crippen LogP contribution in [-0.2, 0) is 4.74 Å². The monoisotopic (exact) mass is 311 g/mol. The molecule has 22 heavy (non-hydrogen) atoms. The maximum atomic E-state index is 11.6. The quantitative estimate of drug-likeness (QED) is 0.639. The number of anilines is 1. The molecule has 0 saturated heterocycles. The summed E-state index contributed by atoms with van der Waals surface area (Å²) in [5, 5.41) is 18.9. The highest BCUT2D eigenvalue weighted by molar-refractivity contribution is 5.85. The lowest BCUT2D eigenvalue weighted by Crippen LogP contribution is -2.35. The van der Waals surface area contributed by atoms with Gasteiger partial charge in [0.2, 0.25) is 0 Å². The molecular weight excluding hydrogens is 282 g/mol. The molecule has 1 amide bonds. The zero-order valence-electron chi connectivity index (χ0n) is 14.5. The molecule has 5 heteroatoms. The first kappa shape index (κ1) is 20.4. The van der Waals surface area contributed by atoms with Crippen LogP contribution in [0.15, 0.2) is 30.3 Å². The Morgan fingerprint density at radius 2 is 1.55 bits per heavy atom. The number of ether oxygens (including phenoxy) is 1. The van der Waals surface area contributed by atoms with Gasteiger partial charge in [0.15, 0.2) is 0 Å². The number of hydroxylamine groups is 1. The van der Waals surface area contributed by atoms with E-state index in [4.69, 9.17) is 9.84 Å². The predicted octanol–water partition coefficient (Wildman–Crippen LogP) is 4.37. The maximum absolute atomic E-state index is 11.6. The summed E-state index contributed by atoms with van der Waals surface area (Å²) >= 11 is 0. The second kappa shape index (κ2) is 8.76. The van der Waals surface area contributed by atoms with Crippen molar-refractivity contribution < 1.29 is 19.8 Å². The van der Waals surface area contributed by atoms with E-state index < -0.39 is 17.3 Å². The van der Waals surface area contributed by atoms with Crippen LogP contribution >= 0.6 is 0 Å². The second-order valence-corrected chi connectivity index (χ2v) is 6.29. The molecule has 0 heterocycles. The molecule has 0 aliphatic heterocycles. The number of hydrogen-bond acceptors (Lipinski definition) is 4. The van der Waals surface area contributed by atoms with Gasteiger partial charge in [0.1, 0.15) is 5.60 Å². The van der Waals surface area contributed by atoms with E-state index in [0.29, 0.717) is 17.2 Å². The number of carbonyl (C=O) groups is 1. The molecular formula is C17H29NO4. The van der Waals surface area contributed by atoms with Crippen molar-refractivity contribution in [2.45, 2.75) is 65.6 Å². The molecule has 1 rings (SSSR count). The highest BCUT2D eigenvalue weighted by atomic mass is 16.6. The fourth-order valence-electron chi connectivity index (χ4n) is 1.03. The first-order valence-corrected chi connectivity index (χ1v) is 7.52. The van der Waals surface area contributed by atoms with Crippen LogP contribution in [0.25, 0.3) is 0 Å². The average molecular weight is 311 g/mol. The summed E-state index contributed by atoms with van der Waals surface area (Å²) < 4.78 is 5.14. The van der Waals surface area contributed by atoms with Crippen LogP contribution in [0.3, 0.4) is 0 Å². The minimum Gasteiger partial charge on any atom is -0.442 e. The third-order valence-corrected chi connectivity index (χ3v) is 3.25. The zero-order chi connectivity index (χ0) is 17.4. The summed E-state index contributed by atoms with van der Waals surface area (Å²) in [6.45, 7) is 11.1. The molecule has 0 radical (unpaired) electrons. The molecule has 5 nitrogen and oxygen atoms in total. The smallest absolute Gasteiger partial charge is 0.439 e. The van der Waals surface area contributed by atoms with Crippen LogP contribution in [0.4, 0.5) is 10.5 Å². The van der Waals surface area contributed by atoms with Crippen molar-refractivity contribution in [2.75, 3.05) is 5.06 Å². The molecule has 0 spiro atoms. The van der Waals surface area contributed by atoms with Gasteiger partial charge in [0, 0.05) is 0 Å². The summed E-state index contributed by atoms with van der Waals surface area (Å²) in [7, 11) is 0. The van der Waals surface area contributed by atoms with Crippen molar-refractivity contribution in [1.29, 1.82) is 0 Å². The summed E-state index contributed by atoms with van der Waals surface area (Å²) in [6.07, 6.45) is 0.743.